The molecule has 0 radical (unpaired) electrons. The van der Waals surface area contributed by atoms with Crippen molar-refractivity contribution >= 4 is 5.78 Å². The summed E-state index contributed by atoms with van der Waals surface area (Å²) in [6.45, 7) is 3.45. The smallest absolute Gasteiger partial charge is 0.194 e. The number of ether oxygens (including phenoxy) is 1. The van der Waals surface area contributed by atoms with Crippen molar-refractivity contribution in [2.45, 2.75) is 18.9 Å². The van der Waals surface area contributed by atoms with Crippen molar-refractivity contribution < 1.29 is 9.53 Å². The van der Waals surface area contributed by atoms with Crippen LogP contribution in [0.5, 0.6) is 5.75 Å². The van der Waals surface area contributed by atoms with Crippen molar-refractivity contribution in [3.05, 3.63) is 53.6 Å². The zero-order chi connectivity index (χ0) is 15.4. The van der Waals surface area contributed by atoms with Crippen molar-refractivity contribution in [2.24, 2.45) is 5.92 Å². The summed E-state index contributed by atoms with van der Waals surface area (Å²) >= 11 is 0. The maximum atomic E-state index is 12.6. The van der Waals surface area contributed by atoms with Crippen LogP contribution >= 0.6 is 0 Å². The number of ketones is 1. The maximum Gasteiger partial charge on any atom is 0.194 e. The topological polar surface area (TPSA) is 29.5 Å². The molecule has 0 amide bonds. The van der Waals surface area contributed by atoms with Gasteiger partial charge in [-0.25, -0.2) is 0 Å². The molecule has 3 heteroatoms. The second-order valence-corrected chi connectivity index (χ2v) is 6.88. The molecule has 2 aromatic rings. The monoisotopic (exact) mass is 305 g/mol. The van der Waals surface area contributed by atoms with E-state index in [2.05, 4.69) is 4.90 Å². The third-order valence-electron chi connectivity index (χ3n) is 5.58. The maximum absolute atomic E-state index is 12.6. The average Bonchev–Trinajstić information content (AvgIpc) is 2.89. The largest absolute Gasteiger partial charge is 0.489 e. The van der Waals surface area contributed by atoms with E-state index in [0.717, 1.165) is 34.5 Å². The molecule has 6 rings (SSSR count). The molecule has 0 aromatic heterocycles. The van der Waals surface area contributed by atoms with Crippen LogP contribution in [0, 0.1) is 5.92 Å². The lowest BCUT2D eigenvalue weighted by molar-refractivity contribution is -0.00777. The van der Waals surface area contributed by atoms with E-state index in [-0.39, 0.29) is 11.9 Å². The summed E-state index contributed by atoms with van der Waals surface area (Å²) in [6, 6.07) is 13.8. The molecule has 0 unspecified atom stereocenters. The molecular formula is C20H19NO2. The van der Waals surface area contributed by atoms with Crippen molar-refractivity contribution in [2.75, 3.05) is 19.6 Å². The van der Waals surface area contributed by atoms with Crippen LogP contribution in [0.2, 0.25) is 0 Å². The molecule has 3 nitrogen and oxygen atoms in total. The van der Waals surface area contributed by atoms with Crippen LogP contribution in [0.25, 0.3) is 11.1 Å². The van der Waals surface area contributed by atoms with E-state index in [9.17, 15) is 4.79 Å². The van der Waals surface area contributed by atoms with Crippen LogP contribution in [0.4, 0.5) is 0 Å². The number of carbonyl (C=O) groups excluding carboxylic acids is 1. The molecule has 0 spiro atoms. The zero-order valence-electron chi connectivity index (χ0n) is 13.0. The molecule has 1 atom stereocenters. The van der Waals surface area contributed by atoms with E-state index in [0.29, 0.717) is 5.92 Å². The molecule has 116 valence electrons. The molecule has 0 saturated carbocycles. The summed E-state index contributed by atoms with van der Waals surface area (Å²) in [6.07, 6.45) is 2.74. The first kappa shape index (κ1) is 13.3. The standard InChI is InChI=1S/C20H19NO2/c22-20-17-4-2-1-3-15(17)16-6-5-14(11-18(16)20)23-19-12-21-9-7-13(19)8-10-21/h1-6,11,13,19H,7-10,12H2/t19-/m0/s1. The summed E-state index contributed by atoms with van der Waals surface area (Å²) < 4.78 is 6.27. The van der Waals surface area contributed by atoms with Gasteiger partial charge in [0.05, 0.1) is 0 Å². The van der Waals surface area contributed by atoms with Gasteiger partial charge < -0.3 is 4.74 Å². The molecular weight excluding hydrogens is 286 g/mol. The summed E-state index contributed by atoms with van der Waals surface area (Å²) in [4.78, 5) is 15.1. The lowest BCUT2D eigenvalue weighted by Crippen LogP contribution is -2.52. The van der Waals surface area contributed by atoms with E-state index in [1.165, 1.54) is 25.9 Å². The van der Waals surface area contributed by atoms with Gasteiger partial charge in [0.1, 0.15) is 11.9 Å². The number of fused-ring (bicyclic) bond motifs is 6. The zero-order valence-corrected chi connectivity index (χ0v) is 13.0. The number of hydrogen-bond acceptors (Lipinski definition) is 3. The Labute approximate surface area is 135 Å². The van der Waals surface area contributed by atoms with Gasteiger partial charge in [-0.05, 0) is 61.2 Å². The number of carbonyl (C=O) groups is 1. The Bertz CT molecular complexity index is 790. The number of hydrogen-bond donors (Lipinski definition) is 0. The second-order valence-electron chi connectivity index (χ2n) is 6.88. The molecule has 2 aromatic carbocycles. The SMILES string of the molecule is O=C1c2ccccc2-c2ccc(O[C@H]3CN4CCC3CC4)cc21. The van der Waals surface area contributed by atoms with E-state index >= 15 is 0 Å². The number of nitrogens with zero attached hydrogens (tertiary/aromatic N) is 1. The van der Waals surface area contributed by atoms with Gasteiger partial charge in [0.15, 0.2) is 5.78 Å². The van der Waals surface area contributed by atoms with E-state index in [4.69, 9.17) is 4.74 Å². The van der Waals surface area contributed by atoms with Crippen LogP contribution < -0.4 is 4.74 Å². The quantitative estimate of drug-likeness (QED) is 0.727. The Kier molecular flexibility index (Phi) is 2.86. The predicted molar refractivity (Wildman–Crippen MR) is 88.9 cm³/mol. The van der Waals surface area contributed by atoms with E-state index < -0.39 is 0 Å². The van der Waals surface area contributed by atoms with Gasteiger partial charge in [-0.3, -0.25) is 9.69 Å². The van der Waals surface area contributed by atoms with Crippen molar-refractivity contribution in [1.29, 1.82) is 0 Å². The number of piperidine rings is 3. The Morgan fingerprint density at radius 1 is 0.913 bits per heavy atom. The third kappa shape index (κ3) is 2.03. The lowest BCUT2D eigenvalue weighted by atomic mass is 9.86. The van der Waals surface area contributed by atoms with Gasteiger partial charge in [-0.2, -0.15) is 0 Å². The molecule has 23 heavy (non-hydrogen) atoms. The first-order valence-electron chi connectivity index (χ1n) is 8.47. The number of rotatable bonds is 2. The van der Waals surface area contributed by atoms with Gasteiger partial charge in [0.2, 0.25) is 0 Å². The third-order valence-corrected chi connectivity index (χ3v) is 5.58. The molecule has 3 saturated heterocycles. The summed E-state index contributed by atoms with van der Waals surface area (Å²) in [5, 5.41) is 0. The van der Waals surface area contributed by atoms with Crippen LogP contribution in [-0.4, -0.2) is 36.4 Å². The molecule has 3 fully saturated rings. The number of benzene rings is 2. The van der Waals surface area contributed by atoms with Gasteiger partial charge >= 0.3 is 0 Å². The van der Waals surface area contributed by atoms with Gasteiger partial charge in [-0.15, -0.1) is 0 Å². The molecule has 0 N–H and O–H groups in total. The second kappa shape index (κ2) is 4.93. The fourth-order valence-electron chi connectivity index (χ4n) is 4.30. The Hall–Kier alpha value is -2.13. The fraction of sp³-hybridized carbons (Fsp3) is 0.350. The Balaban J connectivity index is 1.45. The minimum atomic E-state index is 0.120. The summed E-state index contributed by atoms with van der Waals surface area (Å²) in [5.74, 6) is 1.62. The molecule has 3 heterocycles. The molecule has 4 aliphatic rings. The highest BCUT2D eigenvalue weighted by atomic mass is 16.5. The molecule has 3 aliphatic heterocycles. The Morgan fingerprint density at radius 2 is 1.65 bits per heavy atom. The van der Waals surface area contributed by atoms with Crippen molar-refractivity contribution in [3.63, 3.8) is 0 Å². The molecule has 1 aliphatic carbocycles. The minimum absolute atomic E-state index is 0.120. The predicted octanol–water partition coefficient (Wildman–Crippen LogP) is 3.37. The first-order valence-corrected chi connectivity index (χ1v) is 8.47. The Morgan fingerprint density at radius 3 is 2.39 bits per heavy atom. The van der Waals surface area contributed by atoms with Crippen LogP contribution in [-0.2, 0) is 0 Å². The fourth-order valence-corrected chi connectivity index (χ4v) is 4.30. The van der Waals surface area contributed by atoms with Gasteiger partial charge in [0.25, 0.3) is 0 Å². The highest BCUT2D eigenvalue weighted by Crippen LogP contribution is 2.39. The van der Waals surface area contributed by atoms with Crippen LogP contribution in [0.1, 0.15) is 28.8 Å². The normalized spacial score (nSPS) is 27.7. The summed E-state index contributed by atoms with van der Waals surface area (Å²) in [7, 11) is 0. The highest BCUT2D eigenvalue weighted by Gasteiger charge is 2.36. The summed E-state index contributed by atoms with van der Waals surface area (Å²) in [5.41, 5.74) is 3.67. The minimum Gasteiger partial charge on any atom is -0.489 e. The van der Waals surface area contributed by atoms with Crippen LogP contribution in [0.15, 0.2) is 42.5 Å². The van der Waals surface area contributed by atoms with Crippen molar-refractivity contribution in [1.82, 2.24) is 4.90 Å². The lowest BCUT2D eigenvalue weighted by Gasteiger charge is -2.44. The average molecular weight is 305 g/mol. The highest BCUT2D eigenvalue weighted by molar-refractivity contribution is 6.21. The van der Waals surface area contributed by atoms with Crippen LogP contribution in [0.3, 0.4) is 0 Å². The van der Waals surface area contributed by atoms with E-state index in [1.807, 2.05) is 42.5 Å². The van der Waals surface area contributed by atoms with Gasteiger partial charge in [0, 0.05) is 17.7 Å². The van der Waals surface area contributed by atoms with E-state index in [1.54, 1.807) is 0 Å². The van der Waals surface area contributed by atoms with Crippen molar-refractivity contribution in [3.8, 4) is 16.9 Å². The molecule has 2 bridgehead atoms. The van der Waals surface area contributed by atoms with Gasteiger partial charge in [-0.1, -0.05) is 24.3 Å². The first-order chi connectivity index (χ1) is 11.3.